The molecule has 1 amide bonds. The van der Waals surface area contributed by atoms with Crippen molar-refractivity contribution in [1.82, 2.24) is 5.32 Å². The summed E-state index contributed by atoms with van der Waals surface area (Å²) in [7, 11) is 0. The standard InChI is InChI=1S/C13H23NO2/c15-13(14-11-7-6-8-11)16-12-9-4-2-1-3-5-10-12/h11-12H,1-10H2,(H,14,15). The lowest BCUT2D eigenvalue weighted by Gasteiger charge is -2.27. The van der Waals surface area contributed by atoms with Crippen molar-refractivity contribution in [2.75, 3.05) is 0 Å². The van der Waals surface area contributed by atoms with E-state index >= 15 is 0 Å². The van der Waals surface area contributed by atoms with Gasteiger partial charge in [-0.05, 0) is 44.9 Å². The predicted octanol–water partition coefficient (Wildman–Crippen LogP) is 3.38. The molecule has 0 aromatic heterocycles. The fourth-order valence-corrected chi connectivity index (χ4v) is 2.44. The maximum absolute atomic E-state index is 11.6. The Kier molecular flexibility index (Phi) is 4.49. The molecule has 92 valence electrons. The van der Waals surface area contributed by atoms with E-state index in [-0.39, 0.29) is 12.2 Å². The highest BCUT2D eigenvalue weighted by Gasteiger charge is 2.22. The Hall–Kier alpha value is -0.730. The van der Waals surface area contributed by atoms with Crippen LogP contribution in [0.1, 0.15) is 64.2 Å². The van der Waals surface area contributed by atoms with Crippen molar-refractivity contribution in [3.05, 3.63) is 0 Å². The first-order valence-corrected chi connectivity index (χ1v) is 6.82. The third-order valence-electron chi connectivity index (χ3n) is 3.75. The van der Waals surface area contributed by atoms with Gasteiger partial charge in [0.15, 0.2) is 0 Å². The molecule has 0 bridgehead atoms. The minimum absolute atomic E-state index is 0.167. The maximum Gasteiger partial charge on any atom is 0.407 e. The molecule has 2 fully saturated rings. The molecule has 2 saturated carbocycles. The van der Waals surface area contributed by atoms with Gasteiger partial charge in [-0.15, -0.1) is 0 Å². The molecule has 0 aromatic carbocycles. The van der Waals surface area contributed by atoms with Crippen LogP contribution in [0.25, 0.3) is 0 Å². The Morgan fingerprint density at radius 1 is 0.875 bits per heavy atom. The lowest BCUT2D eigenvalue weighted by molar-refractivity contribution is 0.0760. The van der Waals surface area contributed by atoms with Crippen LogP contribution >= 0.6 is 0 Å². The molecule has 0 radical (unpaired) electrons. The summed E-state index contributed by atoms with van der Waals surface area (Å²) in [5.41, 5.74) is 0. The number of hydrogen-bond donors (Lipinski definition) is 1. The van der Waals surface area contributed by atoms with Crippen LogP contribution in [0, 0.1) is 0 Å². The molecule has 2 aliphatic rings. The molecule has 16 heavy (non-hydrogen) atoms. The first-order chi connectivity index (χ1) is 7.84. The molecule has 0 saturated heterocycles. The van der Waals surface area contributed by atoms with Crippen molar-refractivity contribution in [3.8, 4) is 0 Å². The van der Waals surface area contributed by atoms with Crippen LogP contribution in [0.4, 0.5) is 4.79 Å². The average Bonchev–Trinajstić information content (AvgIpc) is 2.16. The van der Waals surface area contributed by atoms with Gasteiger partial charge in [-0.1, -0.05) is 19.3 Å². The van der Waals surface area contributed by atoms with Gasteiger partial charge in [-0.3, -0.25) is 0 Å². The third kappa shape index (κ3) is 3.69. The minimum Gasteiger partial charge on any atom is -0.446 e. The quantitative estimate of drug-likeness (QED) is 0.782. The second kappa shape index (κ2) is 6.12. The van der Waals surface area contributed by atoms with E-state index < -0.39 is 0 Å². The van der Waals surface area contributed by atoms with Crippen LogP contribution in [0.5, 0.6) is 0 Å². The molecule has 0 atom stereocenters. The zero-order chi connectivity index (χ0) is 11.2. The van der Waals surface area contributed by atoms with Crippen molar-refractivity contribution in [2.24, 2.45) is 0 Å². The van der Waals surface area contributed by atoms with Gasteiger partial charge in [-0.25, -0.2) is 4.79 Å². The van der Waals surface area contributed by atoms with Gasteiger partial charge in [-0.2, -0.15) is 0 Å². The number of rotatable bonds is 2. The monoisotopic (exact) mass is 225 g/mol. The first kappa shape index (κ1) is 11.7. The third-order valence-corrected chi connectivity index (χ3v) is 3.75. The van der Waals surface area contributed by atoms with Gasteiger partial charge in [0.2, 0.25) is 0 Å². The summed E-state index contributed by atoms with van der Waals surface area (Å²) >= 11 is 0. The Morgan fingerprint density at radius 3 is 2.06 bits per heavy atom. The average molecular weight is 225 g/mol. The molecule has 2 aliphatic carbocycles. The van der Waals surface area contributed by atoms with Crippen molar-refractivity contribution in [3.63, 3.8) is 0 Å². The summed E-state index contributed by atoms with van der Waals surface area (Å²) in [5.74, 6) is 0. The normalized spacial score (nSPS) is 24.0. The van der Waals surface area contributed by atoms with Gasteiger partial charge >= 0.3 is 6.09 Å². The molecule has 2 rings (SSSR count). The Bertz CT molecular complexity index is 218. The van der Waals surface area contributed by atoms with Crippen LogP contribution in [0.15, 0.2) is 0 Å². The highest BCUT2D eigenvalue weighted by Crippen LogP contribution is 2.21. The smallest absolute Gasteiger partial charge is 0.407 e. The topological polar surface area (TPSA) is 38.3 Å². The number of alkyl carbamates (subject to hydrolysis) is 1. The van der Waals surface area contributed by atoms with E-state index in [4.69, 9.17) is 4.74 Å². The van der Waals surface area contributed by atoms with Gasteiger partial charge in [0.25, 0.3) is 0 Å². The first-order valence-electron chi connectivity index (χ1n) is 6.82. The summed E-state index contributed by atoms with van der Waals surface area (Å²) in [6.45, 7) is 0. The summed E-state index contributed by atoms with van der Waals surface area (Å²) in [4.78, 5) is 11.6. The summed E-state index contributed by atoms with van der Waals surface area (Å²) in [6.07, 6.45) is 11.9. The van der Waals surface area contributed by atoms with E-state index in [0.717, 1.165) is 25.7 Å². The van der Waals surface area contributed by atoms with Crippen LogP contribution in [0.2, 0.25) is 0 Å². The van der Waals surface area contributed by atoms with Crippen LogP contribution in [0.3, 0.4) is 0 Å². The molecule has 0 heterocycles. The van der Waals surface area contributed by atoms with Crippen molar-refractivity contribution >= 4 is 6.09 Å². The highest BCUT2D eigenvalue weighted by atomic mass is 16.6. The maximum atomic E-state index is 11.6. The van der Waals surface area contributed by atoms with E-state index in [9.17, 15) is 4.79 Å². The van der Waals surface area contributed by atoms with Gasteiger partial charge in [0.05, 0.1) is 0 Å². The Balaban J connectivity index is 1.66. The van der Waals surface area contributed by atoms with E-state index in [1.807, 2.05) is 0 Å². The molecular formula is C13H23NO2. The molecular weight excluding hydrogens is 202 g/mol. The van der Waals surface area contributed by atoms with Gasteiger partial charge in [0.1, 0.15) is 6.10 Å². The summed E-state index contributed by atoms with van der Waals surface area (Å²) < 4.78 is 5.48. The second-order valence-corrected chi connectivity index (χ2v) is 5.14. The second-order valence-electron chi connectivity index (χ2n) is 5.14. The van der Waals surface area contributed by atoms with Crippen LogP contribution in [-0.4, -0.2) is 18.2 Å². The lowest BCUT2D eigenvalue weighted by Crippen LogP contribution is -2.41. The van der Waals surface area contributed by atoms with Crippen molar-refractivity contribution in [2.45, 2.75) is 76.4 Å². The number of hydrogen-bond acceptors (Lipinski definition) is 2. The summed E-state index contributed by atoms with van der Waals surface area (Å²) in [6, 6.07) is 0.390. The summed E-state index contributed by atoms with van der Waals surface area (Å²) in [5, 5.41) is 2.94. The molecule has 0 unspecified atom stereocenters. The number of ether oxygens (including phenoxy) is 1. The lowest BCUT2D eigenvalue weighted by atomic mass is 9.93. The van der Waals surface area contributed by atoms with E-state index in [0.29, 0.717) is 6.04 Å². The fraction of sp³-hybridized carbons (Fsp3) is 0.923. The fourth-order valence-electron chi connectivity index (χ4n) is 2.44. The SMILES string of the molecule is O=C(NC1CCC1)OC1CCCCCCC1. The minimum atomic E-state index is -0.185. The van der Waals surface area contributed by atoms with Gasteiger partial charge < -0.3 is 10.1 Å². The zero-order valence-corrected chi connectivity index (χ0v) is 10.0. The van der Waals surface area contributed by atoms with Gasteiger partial charge in [0, 0.05) is 6.04 Å². The Morgan fingerprint density at radius 2 is 1.50 bits per heavy atom. The molecule has 0 spiro atoms. The van der Waals surface area contributed by atoms with Crippen LogP contribution < -0.4 is 5.32 Å². The van der Waals surface area contributed by atoms with E-state index in [1.54, 1.807) is 0 Å². The van der Waals surface area contributed by atoms with Crippen LogP contribution in [-0.2, 0) is 4.74 Å². The molecule has 0 aromatic rings. The predicted molar refractivity (Wildman–Crippen MR) is 63.4 cm³/mol. The molecule has 3 heteroatoms. The van der Waals surface area contributed by atoms with Crippen molar-refractivity contribution < 1.29 is 9.53 Å². The number of carbonyl (C=O) groups is 1. The number of amides is 1. The number of carbonyl (C=O) groups excluding carboxylic acids is 1. The largest absolute Gasteiger partial charge is 0.446 e. The van der Waals surface area contributed by atoms with Crippen molar-refractivity contribution in [1.29, 1.82) is 0 Å². The zero-order valence-electron chi connectivity index (χ0n) is 10.0. The number of nitrogens with one attached hydrogen (secondary N) is 1. The van der Waals surface area contributed by atoms with E-state index in [2.05, 4.69) is 5.32 Å². The van der Waals surface area contributed by atoms with E-state index in [1.165, 1.54) is 38.5 Å². The molecule has 1 N–H and O–H groups in total. The molecule has 3 nitrogen and oxygen atoms in total. The molecule has 0 aliphatic heterocycles. The Labute approximate surface area is 97.9 Å². The highest BCUT2D eigenvalue weighted by molar-refractivity contribution is 5.67.